The Bertz CT molecular complexity index is 439. The van der Waals surface area contributed by atoms with Gasteiger partial charge >= 0.3 is 34.2 Å². The SMILES string of the molecule is C=CCN(CC=C)CCC[Si]1(C)O[Si](C)(C)O[Si](C)(C)O[Si](C)(C)O1. The molecule has 0 spiro atoms. The van der Waals surface area contributed by atoms with Crippen LogP contribution in [-0.2, 0) is 16.5 Å². The van der Waals surface area contributed by atoms with Gasteiger partial charge in [0.25, 0.3) is 0 Å². The standard InChI is InChI=1S/C16H37NO4Si4/c1-10-13-17(14-11-2)15-12-16-25(9)20-23(5,6)18-22(3,4)19-24(7,8)21-25/h10-11H,1-2,12-16H2,3-9H3. The molecule has 5 nitrogen and oxygen atoms in total. The van der Waals surface area contributed by atoms with E-state index in [-0.39, 0.29) is 0 Å². The van der Waals surface area contributed by atoms with Crippen LogP contribution in [0.15, 0.2) is 25.3 Å². The Balaban J connectivity index is 2.80. The van der Waals surface area contributed by atoms with E-state index >= 15 is 0 Å². The highest BCUT2D eigenvalue weighted by Gasteiger charge is 2.52. The van der Waals surface area contributed by atoms with E-state index in [1.807, 2.05) is 12.2 Å². The summed E-state index contributed by atoms with van der Waals surface area (Å²) in [4.78, 5) is 2.33. The molecule has 1 heterocycles. The molecule has 0 aromatic rings. The molecule has 0 bridgehead atoms. The van der Waals surface area contributed by atoms with Gasteiger partial charge in [0.15, 0.2) is 0 Å². The van der Waals surface area contributed by atoms with Crippen molar-refractivity contribution in [2.75, 3.05) is 19.6 Å². The number of nitrogens with zero attached hydrogens (tertiary/aromatic N) is 1. The Morgan fingerprint density at radius 2 is 1.12 bits per heavy atom. The van der Waals surface area contributed by atoms with E-state index in [9.17, 15) is 0 Å². The molecule has 0 aromatic heterocycles. The molecule has 0 radical (unpaired) electrons. The van der Waals surface area contributed by atoms with Crippen molar-refractivity contribution >= 4 is 34.2 Å². The maximum atomic E-state index is 6.60. The van der Waals surface area contributed by atoms with E-state index in [2.05, 4.69) is 63.9 Å². The molecule has 0 N–H and O–H groups in total. The second-order valence-electron chi connectivity index (χ2n) is 8.18. The predicted molar refractivity (Wildman–Crippen MR) is 115 cm³/mol. The highest BCUT2D eigenvalue weighted by molar-refractivity contribution is 6.93. The summed E-state index contributed by atoms with van der Waals surface area (Å²) in [5.41, 5.74) is 0. The highest BCUT2D eigenvalue weighted by Crippen LogP contribution is 2.32. The smallest absolute Gasteiger partial charge is 0.317 e. The first kappa shape index (κ1) is 23.2. The van der Waals surface area contributed by atoms with Crippen LogP contribution in [0.2, 0.25) is 51.9 Å². The van der Waals surface area contributed by atoms with Crippen LogP contribution < -0.4 is 0 Å². The number of rotatable bonds is 8. The molecule has 0 atom stereocenters. The predicted octanol–water partition coefficient (Wildman–Crippen LogP) is 4.31. The quantitative estimate of drug-likeness (QED) is 0.433. The van der Waals surface area contributed by atoms with Gasteiger partial charge in [-0.05, 0) is 64.8 Å². The Morgan fingerprint density at radius 3 is 1.52 bits per heavy atom. The zero-order chi connectivity index (χ0) is 19.4. The number of hydrogen-bond acceptors (Lipinski definition) is 5. The summed E-state index contributed by atoms with van der Waals surface area (Å²) >= 11 is 0. The summed E-state index contributed by atoms with van der Waals surface area (Å²) in [6.07, 6.45) is 4.90. The third kappa shape index (κ3) is 8.58. The van der Waals surface area contributed by atoms with Crippen LogP contribution in [0.25, 0.3) is 0 Å². The van der Waals surface area contributed by atoms with Crippen molar-refractivity contribution in [2.45, 2.75) is 58.3 Å². The second-order valence-corrected chi connectivity index (χ2v) is 22.6. The van der Waals surface area contributed by atoms with Gasteiger partial charge in [-0.15, -0.1) is 13.2 Å². The van der Waals surface area contributed by atoms with Gasteiger partial charge in [-0.25, -0.2) is 0 Å². The summed E-state index contributed by atoms with van der Waals surface area (Å²) in [6.45, 7) is 25.2. The molecular formula is C16H37NO4Si4. The third-order valence-corrected chi connectivity index (χ3v) is 20.3. The fourth-order valence-electron chi connectivity index (χ4n) is 3.66. The average Bonchev–Trinajstić information content (AvgIpc) is 2.32. The van der Waals surface area contributed by atoms with Gasteiger partial charge in [0.05, 0.1) is 0 Å². The van der Waals surface area contributed by atoms with Crippen LogP contribution in [0.5, 0.6) is 0 Å². The molecule has 1 saturated heterocycles. The fourth-order valence-corrected chi connectivity index (χ4v) is 25.2. The molecule has 25 heavy (non-hydrogen) atoms. The minimum absolute atomic E-state index is 0.874. The molecule has 1 aliphatic heterocycles. The van der Waals surface area contributed by atoms with Crippen molar-refractivity contribution in [3.05, 3.63) is 25.3 Å². The zero-order valence-corrected chi connectivity index (χ0v) is 21.2. The first-order valence-electron chi connectivity index (χ1n) is 9.07. The van der Waals surface area contributed by atoms with Crippen molar-refractivity contribution in [1.82, 2.24) is 4.90 Å². The Hall–Kier alpha value is 0.148. The molecule has 0 saturated carbocycles. The average molecular weight is 420 g/mol. The van der Waals surface area contributed by atoms with Gasteiger partial charge in [0, 0.05) is 13.1 Å². The van der Waals surface area contributed by atoms with Crippen LogP contribution in [0.4, 0.5) is 0 Å². The van der Waals surface area contributed by atoms with Gasteiger partial charge in [0.2, 0.25) is 0 Å². The van der Waals surface area contributed by atoms with Crippen molar-refractivity contribution in [3.63, 3.8) is 0 Å². The maximum Gasteiger partial charge on any atom is 0.317 e. The van der Waals surface area contributed by atoms with Crippen LogP contribution in [0, 0.1) is 0 Å². The number of hydrogen-bond donors (Lipinski definition) is 0. The third-order valence-electron chi connectivity index (χ3n) is 3.79. The van der Waals surface area contributed by atoms with Crippen molar-refractivity contribution in [2.24, 2.45) is 0 Å². The van der Waals surface area contributed by atoms with Crippen LogP contribution >= 0.6 is 0 Å². The van der Waals surface area contributed by atoms with Gasteiger partial charge in [-0.1, -0.05) is 12.2 Å². The molecule has 9 heteroatoms. The summed E-state index contributed by atoms with van der Waals surface area (Å²) in [6, 6.07) is 0.944. The van der Waals surface area contributed by atoms with E-state index in [0.717, 1.165) is 32.1 Å². The highest BCUT2D eigenvalue weighted by atomic mass is 28.5. The topological polar surface area (TPSA) is 40.2 Å². The Kier molecular flexibility index (Phi) is 8.25. The summed E-state index contributed by atoms with van der Waals surface area (Å²) in [5.74, 6) is 0. The molecule has 0 aromatic carbocycles. The normalized spacial score (nSPS) is 24.3. The van der Waals surface area contributed by atoms with E-state index in [1.165, 1.54) is 0 Å². The van der Waals surface area contributed by atoms with Gasteiger partial charge in [-0.2, -0.15) is 0 Å². The Labute approximate surface area is 159 Å². The van der Waals surface area contributed by atoms with Crippen molar-refractivity contribution in [1.29, 1.82) is 0 Å². The summed E-state index contributed by atoms with van der Waals surface area (Å²) < 4.78 is 26.0. The monoisotopic (exact) mass is 419 g/mol. The molecule has 1 aliphatic rings. The molecule has 1 fully saturated rings. The van der Waals surface area contributed by atoms with Gasteiger partial charge < -0.3 is 16.5 Å². The fraction of sp³-hybridized carbons (Fsp3) is 0.750. The molecule has 146 valence electrons. The molecule has 0 aliphatic carbocycles. The minimum Gasteiger partial charge on any atom is -0.416 e. The maximum absolute atomic E-state index is 6.60. The first-order valence-corrected chi connectivity index (χ1v) is 20.0. The lowest BCUT2D eigenvalue weighted by atomic mass is 10.4. The van der Waals surface area contributed by atoms with Crippen LogP contribution in [-0.4, -0.2) is 58.8 Å². The Morgan fingerprint density at radius 1 is 0.720 bits per heavy atom. The lowest BCUT2D eigenvalue weighted by Crippen LogP contribution is -2.65. The van der Waals surface area contributed by atoms with Crippen LogP contribution in [0.3, 0.4) is 0 Å². The summed E-state index contributed by atoms with van der Waals surface area (Å²) in [7, 11) is -9.09. The molecule has 0 amide bonds. The molecule has 1 rings (SSSR count). The van der Waals surface area contributed by atoms with Crippen molar-refractivity contribution < 1.29 is 16.5 Å². The first-order chi connectivity index (χ1) is 11.3. The lowest BCUT2D eigenvalue weighted by Gasteiger charge is -2.47. The second kappa shape index (κ2) is 8.89. The van der Waals surface area contributed by atoms with Gasteiger partial charge in [-0.3, -0.25) is 4.90 Å². The van der Waals surface area contributed by atoms with Gasteiger partial charge in [0.1, 0.15) is 0 Å². The van der Waals surface area contributed by atoms with Crippen LogP contribution in [0.1, 0.15) is 6.42 Å². The minimum atomic E-state index is -2.35. The summed E-state index contributed by atoms with van der Waals surface area (Å²) in [5, 5.41) is 0. The largest absolute Gasteiger partial charge is 0.416 e. The van der Waals surface area contributed by atoms with Crippen molar-refractivity contribution in [3.8, 4) is 0 Å². The molecular weight excluding hydrogens is 383 g/mol. The molecule has 0 unspecified atom stereocenters. The lowest BCUT2D eigenvalue weighted by molar-refractivity contribution is 0.232. The van der Waals surface area contributed by atoms with E-state index in [4.69, 9.17) is 16.5 Å². The zero-order valence-electron chi connectivity index (χ0n) is 17.2. The van der Waals surface area contributed by atoms with E-state index in [0.29, 0.717) is 0 Å². The van der Waals surface area contributed by atoms with E-state index in [1.54, 1.807) is 0 Å². The van der Waals surface area contributed by atoms with E-state index < -0.39 is 34.2 Å².